The van der Waals surface area contributed by atoms with Gasteiger partial charge in [0.05, 0.1) is 12.3 Å². The molecule has 0 fully saturated rings. The van der Waals surface area contributed by atoms with Gasteiger partial charge in [-0.1, -0.05) is 63.5 Å². The molecular formula is C18H29ClN4O. The van der Waals surface area contributed by atoms with Crippen molar-refractivity contribution in [3.63, 3.8) is 0 Å². The highest BCUT2D eigenvalue weighted by Gasteiger charge is 1.98. The van der Waals surface area contributed by atoms with E-state index < -0.39 is 0 Å². The molecule has 0 amide bonds. The Labute approximate surface area is 150 Å². The molecule has 0 unspecified atom stereocenters. The number of unbranched alkanes of at least 4 members (excludes halogenated alkanes) is 7. The van der Waals surface area contributed by atoms with Crippen molar-refractivity contribution in [2.45, 2.75) is 58.3 Å². The van der Waals surface area contributed by atoms with Crippen LogP contribution in [0, 0.1) is 0 Å². The van der Waals surface area contributed by atoms with Gasteiger partial charge in [-0.25, -0.2) is 4.99 Å². The summed E-state index contributed by atoms with van der Waals surface area (Å²) in [5, 5.41) is 0.643. The van der Waals surface area contributed by atoms with E-state index in [1.165, 1.54) is 38.5 Å². The summed E-state index contributed by atoms with van der Waals surface area (Å²) in [4.78, 5) is 8.05. The van der Waals surface area contributed by atoms with Crippen molar-refractivity contribution in [2.75, 3.05) is 6.61 Å². The summed E-state index contributed by atoms with van der Waals surface area (Å²) < 4.78 is 5.36. The van der Waals surface area contributed by atoms with Crippen molar-refractivity contribution in [3.05, 3.63) is 29.3 Å². The second kappa shape index (κ2) is 12.6. The number of guanidine groups is 1. The average Bonchev–Trinajstić information content (AvgIpc) is 2.55. The highest BCUT2D eigenvalue weighted by Crippen LogP contribution is 2.16. The Morgan fingerprint density at radius 2 is 1.54 bits per heavy atom. The van der Waals surface area contributed by atoms with Crippen LogP contribution < -0.4 is 11.5 Å². The second-order valence-corrected chi connectivity index (χ2v) is 6.16. The molecule has 4 N–H and O–H groups in total. The number of hydrogen-bond acceptors (Lipinski definition) is 2. The maximum Gasteiger partial charge on any atom is 0.289 e. The molecule has 0 aromatic heterocycles. The van der Waals surface area contributed by atoms with Gasteiger partial charge in [0.15, 0.2) is 0 Å². The molecular weight excluding hydrogens is 324 g/mol. The van der Waals surface area contributed by atoms with Gasteiger partial charge in [-0.15, -0.1) is 0 Å². The van der Waals surface area contributed by atoms with E-state index in [4.69, 9.17) is 27.8 Å². The van der Waals surface area contributed by atoms with Gasteiger partial charge >= 0.3 is 0 Å². The monoisotopic (exact) mass is 352 g/mol. The molecule has 1 aromatic rings. The molecule has 0 aliphatic carbocycles. The quantitative estimate of drug-likeness (QED) is 0.361. The fourth-order valence-electron chi connectivity index (χ4n) is 2.23. The van der Waals surface area contributed by atoms with Crippen molar-refractivity contribution in [1.29, 1.82) is 0 Å². The second-order valence-electron chi connectivity index (χ2n) is 5.72. The lowest BCUT2D eigenvalue weighted by Crippen LogP contribution is -2.21. The molecule has 1 rings (SSSR count). The SMILES string of the molecule is CCCCCCCCCCO/C(N)=N/C(N)=Nc1ccc(Cl)cc1. The largest absolute Gasteiger partial charge is 0.465 e. The highest BCUT2D eigenvalue weighted by molar-refractivity contribution is 6.30. The summed E-state index contributed by atoms with van der Waals surface area (Å²) in [6, 6.07) is 7.02. The van der Waals surface area contributed by atoms with E-state index in [1.54, 1.807) is 24.3 Å². The summed E-state index contributed by atoms with van der Waals surface area (Å²) >= 11 is 5.81. The highest BCUT2D eigenvalue weighted by atomic mass is 35.5. The minimum absolute atomic E-state index is 0.0492. The fourth-order valence-corrected chi connectivity index (χ4v) is 2.36. The van der Waals surface area contributed by atoms with Gasteiger partial charge in [0.1, 0.15) is 0 Å². The zero-order chi connectivity index (χ0) is 17.6. The smallest absolute Gasteiger partial charge is 0.289 e. The van der Waals surface area contributed by atoms with Crippen LogP contribution in [-0.2, 0) is 4.74 Å². The summed E-state index contributed by atoms with van der Waals surface area (Å²) in [5.41, 5.74) is 12.1. The van der Waals surface area contributed by atoms with Gasteiger partial charge in [0.2, 0.25) is 5.96 Å². The molecule has 5 nitrogen and oxygen atoms in total. The van der Waals surface area contributed by atoms with Crippen LogP contribution in [0.3, 0.4) is 0 Å². The number of nitrogens with zero attached hydrogens (tertiary/aromatic N) is 2. The number of amidine groups is 1. The molecule has 0 saturated carbocycles. The third-order valence-electron chi connectivity index (χ3n) is 3.54. The molecule has 0 bridgehead atoms. The molecule has 6 heteroatoms. The number of ether oxygens (including phenoxy) is 1. The summed E-state index contributed by atoms with van der Waals surface area (Å²) in [6.45, 7) is 2.79. The van der Waals surface area contributed by atoms with E-state index in [1.807, 2.05) is 0 Å². The third kappa shape index (κ3) is 10.1. The average molecular weight is 353 g/mol. The van der Waals surface area contributed by atoms with Gasteiger partial charge in [-0.3, -0.25) is 0 Å². The number of halogens is 1. The Morgan fingerprint density at radius 1 is 0.958 bits per heavy atom. The zero-order valence-electron chi connectivity index (χ0n) is 14.5. The number of benzene rings is 1. The van der Waals surface area contributed by atoms with Crippen LogP contribution in [0.1, 0.15) is 58.3 Å². The third-order valence-corrected chi connectivity index (χ3v) is 3.79. The molecule has 0 spiro atoms. The first-order valence-electron chi connectivity index (χ1n) is 8.68. The fraction of sp³-hybridized carbons (Fsp3) is 0.556. The lowest BCUT2D eigenvalue weighted by molar-refractivity contribution is 0.288. The van der Waals surface area contributed by atoms with Gasteiger partial charge in [-0.2, -0.15) is 4.99 Å². The summed E-state index contributed by atoms with van der Waals surface area (Å²) in [6.07, 6.45) is 9.96. The normalized spacial score (nSPS) is 12.4. The van der Waals surface area contributed by atoms with Crippen molar-refractivity contribution in [1.82, 2.24) is 0 Å². The van der Waals surface area contributed by atoms with E-state index in [0.29, 0.717) is 17.3 Å². The molecule has 1 aromatic carbocycles. The first-order chi connectivity index (χ1) is 11.6. The van der Waals surface area contributed by atoms with Crippen molar-refractivity contribution in [2.24, 2.45) is 21.5 Å². The Bertz CT molecular complexity index is 514. The van der Waals surface area contributed by atoms with Gasteiger partial charge in [-0.05, 0) is 30.7 Å². The Morgan fingerprint density at radius 3 is 2.17 bits per heavy atom. The van der Waals surface area contributed by atoms with Crippen molar-refractivity contribution >= 4 is 29.3 Å². The zero-order valence-corrected chi connectivity index (χ0v) is 15.3. The van der Waals surface area contributed by atoms with Crippen LogP contribution in [0.4, 0.5) is 5.69 Å². The molecule has 0 aliphatic rings. The number of hydrogen-bond donors (Lipinski definition) is 2. The first-order valence-corrected chi connectivity index (χ1v) is 9.06. The lowest BCUT2D eigenvalue weighted by Gasteiger charge is -2.05. The van der Waals surface area contributed by atoms with Crippen LogP contribution in [0.5, 0.6) is 0 Å². The maximum absolute atomic E-state index is 5.81. The molecule has 0 heterocycles. The van der Waals surface area contributed by atoms with E-state index in [2.05, 4.69) is 16.9 Å². The predicted octanol–water partition coefficient (Wildman–Crippen LogP) is 4.76. The minimum Gasteiger partial charge on any atom is -0.465 e. The van der Waals surface area contributed by atoms with Crippen LogP contribution >= 0.6 is 11.6 Å². The minimum atomic E-state index is 0.0492. The van der Waals surface area contributed by atoms with E-state index in [-0.39, 0.29) is 12.0 Å². The number of nitrogens with two attached hydrogens (primary N) is 2. The molecule has 0 saturated heterocycles. The van der Waals surface area contributed by atoms with Gasteiger partial charge < -0.3 is 16.2 Å². The molecule has 0 aliphatic heterocycles. The van der Waals surface area contributed by atoms with E-state index in [9.17, 15) is 0 Å². The van der Waals surface area contributed by atoms with Crippen LogP contribution in [0.15, 0.2) is 34.3 Å². The standard InChI is InChI=1S/C18H29ClN4O/c1-2-3-4-5-6-7-8-9-14-24-18(21)23-17(20)22-16-12-10-15(19)11-13-16/h10-13H,2-9,14H2,1H3,(H4,20,21,22,23). The van der Waals surface area contributed by atoms with Crippen LogP contribution in [-0.4, -0.2) is 18.6 Å². The molecule has 0 radical (unpaired) electrons. The molecule has 24 heavy (non-hydrogen) atoms. The lowest BCUT2D eigenvalue weighted by atomic mass is 10.1. The predicted molar refractivity (Wildman–Crippen MR) is 103 cm³/mol. The Hall–Kier alpha value is -1.75. The van der Waals surface area contributed by atoms with E-state index >= 15 is 0 Å². The Kier molecular flexibility index (Phi) is 10.7. The maximum atomic E-state index is 5.81. The molecule has 0 atom stereocenters. The number of aliphatic imine (C=N–C) groups is 2. The Balaban J connectivity index is 2.18. The van der Waals surface area contributed by atoms with Gasteiger partial charge in [0.25, 0.3) is 6.02 Å². The first kappa shape index (κ1) is 20.3. The number of rotatable bonds is 10. The van der Waals surface area contributed by atoms with E-state index in [0.717, 1.165) is 12.8 Å². The summed E-state index contributed by atoms with van der Waals surface area (Å²) in [5.74, 6) is 0.0609. The van der Waals surface area contributed by atoms with Crippen molar-refractivity contribution in [3.8, 4) is 0 Å². The van der Waals surface area contributed by atoms with Crippen LogP contribution in [0.25, 0.3) is 0 Å². The summed E-state index contributed by atoms with van der Waals surface area (Å²) in [7, 11) is 0. The van der Waals surface area contributed by atoms with Gasteiger partial charge in [0, 0.05) is 5.02 Å². The molecule has 134 valence electrons. The van der Waals surface area contributed by atoms with Crippen molar-refractivity contribution < 1.29 is 4.74 Å². The van der Waals surface area contributed by atoms with Crippen LogP contribution in [0.2, 0.25) is 5.02 Å². The topological polar surface area (TPSA) is 86.0 Å².